The molecule has 3 heteroatoms. The zero-order chi connectivity index (χ0) is 12.3. The Bertz CT molecular complexity index is 388. The van der Waals surface area contributed by atoms with Crippen molar-refractivity contribution in [1.29, 1.82) is 0 Å². The fourth-order valence-corrected chi connectivity index (χ4v) is 1.83. The van der Waals surface area contributed by atoms with E-state index in [-0.39, 0.29) is 18.4 Å². The number of hydrogen-bond acceptors (Lipinski definition) is 2. The van der Waals surface area contributed by atoms with Crippen LogP contribution < -0.4 is 5.73 Å². The summed E-state index contributed by atoms with van der Waals surface area (Å²) in [5.41, 5.74) is 9.42. The van der Waals surface area contributed by atoms with E-state index >= 15 is 0 Å². The molecule has 88 valence electrons. The van der Waals surface area contributed by atoms with Crippen LogP contribution in [-0.4, -0.2) is 11.1 Å². The molecule has 0 heterocycles. The molecule has 0 aliphatic carbocycles. The van der Waals surface area contributed by atoms with E-state index in [2.05, 4.69) is 0 Å². The molecule has 1 aromatic carbocycles. The summed E-state index contributed by atoms with van der Waals surface area (Å²) in [7, 11) is 0. The summed E-state index contributed by atoms with van der Waals surface area (Å²) in [6.07, 6.45) is 0.106. The minimum absolute atomic E-state index is 0.0574. The number of aryl methyl sites for hydroxylation is 2. The first kappa shape index (κ1) is 12.7. The minimum atomic E-state index is -0.798. The van der Waals surface area contributed by atoms with Crippen LogP contribution >= 0.6 is 0 Å². The number of carboxylic acids is 1. The summed E-state index contributed by atoms with van der Waals surface area (Å²) in [4.78, 5) is 10.6. The Balaban J connectivity index is 2.90. The molecule has 0 bridgehead atoms. The number of carbonyl (C=O) groups is 1. The molecular weight excluding hydrogens is 202 g/mol. The number of carboxylic acid groups (broad SMARTS) is 1. The first-order valence-corrected chi connectivity index (χ1v) is 5.46. The van der Waals surface area contributed by atoms with Gasteiger partial charge in [0.25, 0.3) is 0 Å². The molecule has 0 radical (unpaired) electrons. The predicted octanol–water partition coefficient (Wildman–Crippen LogP) is 2.41. The highest BCUT2D eigenvalue weighted by molar-refractivity contribution is 5.67. The lowest BCUT2D eigenvalue weighted by atomic mass is 9.89. The van der Waals surface area contributed by atoms with Crippen molar-refractivity contribution in [3.05, 3.63) is 34.9 Å². The summed E-state index contributed by atoms with van der Waals surface area (Å²) in [5, 5.41) is 8.75. The Hall–Kier alpha value is -1.35. The molecule has 0 amide bonds. The van der Waals surface area contributed by atoms with E-state index in [4.69, 9.17) is 10.8 Å². The molecule has 1 aromatic rings. The Kier molecular flexibility index (Phi) is 4.07. The minimum Gasteiger partial charge on any atom is -0.481 e. The molecule has 16 heavy (non-hydrogen) atoms. The summed E-state index contributed by atoms with van der Waals surface area (Å²) >= 11 is 0. The second-order valence-electron chi connectivity index (χ2n) is 4.46. The van der Waals surface area contributed by atoms with Gasteiger partial charge in [-0.25, -0.2) is 0 Å². The van der Waals surface area contributed by atoms with Gasteiger partial charge in [-0.2, -0.15) is 0 Å². The van der Waals surface area contributed by atoms with Crippen LogP contribution in [0.5, 0.6) is 0 Å². The van der Waals surface area contributed by atoms with Gasteiger partial charge in [0.05, 0.1) is 0 Å². The van der Waals surface area contributed by atoms with Crippen LogP contribution in [0.25, 0.3) is 0 Å². The summed E-state index contributed by atoms with van der Waals surface area (Å²) in [5.74, 6) is -0.855. The topological polar surface area (TPSA) is 63.3 Å². The third-order valence-corrected chi connectivity index (χ3v) is 2.90. The van der Waals surface area contributed by atoms with Crippen molar-refractivity contribution in [2.75, 3.05) is 0 Å². The highest BCUT2D eigenvalue weighted by Gasteiger charge is 2.19. The number of rotatable bonds is 4. The molecule has 0 spiro atoms. The van der Waals surface area contributed by atoms with Crippen molar-refractivity contribution in [1.82, 2.24) is 0 Å². The van der Waals surface area contributed by atoms with Gasteiger partial charge in [0, 0.05) is 12.5 Å². The van der Waals surface area contributed by atoms with E-state index in [1.54, 1.807) is 0 Å². The molecule has 1 rings (SSSR count). The van der Waals surface area contributed by atoms with Gasteiger partial charge in [-0.15, -0.1) is 0 Å². The standard InChI is InChI=1S/C13H19NO2/c1-8-4-5-9(2)11(6-8)13(14)10(3)7-12(15)16/h4-6,10,13H,7,14H2,1-3H3,(H,15,16). The fraction of sp³-hybridized carbons (Fsp3) is 0.462. The Morgan fingerprint density at radius 2 is 2.06 bits per heavy atom. The lowest BCUT2D eigenvalue weighted by Gasteiger charge is -2.21. The van der Waals surface area contributed by atoms with Gasteiger partial charge in [0.1, 0.15) is 0 Å². The summed E-state index contributed by atoms with van der Waals surface area (Å²) in [6, 6.07) is 5.89. The molecule has 3 N–H and O–H groups in total. The van der Waals surface area contributed by atoms with Crippen LogP contribution in [0.1, 0.15) is 36.1 Å². The van der Waals surface area contributed by atoms with E-state index in [1.807, 2.05) is 39.0 Å². The van der Waals surface area contributed by atoms with Crippen molar-refractivity contribution in [2.24, 2.45) is 11.7 Å². The number of aliphatic carboxylic acids is 1. The van der Waals surface area contributed by atoms with Gasteiger partial charge in [-0.05, 0) is 30.9 Å². The first-order chi connectivity index (χ1) is 7.41. The molecule has 0 fully saturated rings. The average molecular weight is 221 g/mol. The van der Waals surface area contributed by atoms with Gasteiger partial charge in [-0.3, -0.25) is 4.79 Å². The number of benzene rings is 1. The van der Waals surface area contributed by atoms with Crippen molar-refractivity contribution in [3.8, 4) is 0 Å². The Morgan fingerprint density at radius 1 is 1.44 bits per heavy atom. The van der Waals surface area contributed by atoms with Crippen LogP contribution in [0.15, 0.2) is 18.2 Å². The van der Waals surface area contributed by atoms with Crippen LogP contribution in [0.4, 0.5) is 0 Å². The molecular formula is C13H19NO2. The average Bonchev–Trinajstić information content (AvgIpc) is 2.19. The van der Waals surface area contributed by atoms with Gasteiger partial charge >= 0.3 is 5.97 Å². The maximum Gasteiger partial charge on any atom is 0.303 e. The monoisotopic (exact) mass is 221 g/mol. The van der Waals surface area contributed by atoms with E-state index in [9.17, 15) is 4.79 Å². The molecule has 0 aliphatic rings. The number of hydrogen-bond donors (Lipinski definition) is 2. The van der Waals surface area contributed by atoms with Gasteiger partial charge in [-0.1, -0.05) is 30.7 Å². The summed E-state index contributed by atoms with van der Waals surface area (Å²) < 4.78 is 0. The fourth-order valence-electron chi connectivity index (χ4n) is 1.83. The van der Waals surface area contributed by atoms with Crippen LogP contribution in [0, 0.1) is 19.8 Å². The van der Waals surface area contributed by atoms with Gasteiger partial charge in [0.15, 0.2) is 0 Å². The van der Waals surface area contributed by atoms with Crippen molar-refractivity contribution >= 4 is 5.97 Å². The molecule has 0 aliphatic heterocycles. The number of nitrogens with two attached hydrogens (primary N) is 1. The smallest absolute Gasteiger partial charge is 0.303 e. The van der Waals surface area contributed by atoms with E-state index < -0.39 is 5.97 Å². The maximum atomic E-state index is 10.6. The zero-order valence-corrected chi connectivity index (χ0v) is 10.0. The molecule has 2 atom stereocenters. The van der Waals surface area contributed by atoms with Crippen LogP contribution in [0.3, 0.4) is 0 Å². The SMILES string of the molecule is Cc1ccc(C)c(C(N)C(C)CC(=O)O)c1. The van der Waals surface area contributed by atoms with Crippen molar-refractivity contribution in [2.45, 2.75) is 33.2 Å². The molecule has 0 aromatic heterocycles. The normalized spacial score (nSPS) is 14.5. The molecule has 0 saturated heterocycles. The van der Waals surface area contributed by atoms with Crippen molar-refractivity contribution < 1.29 is 9.90 Å². The summed E-state index contributed by atoms with van der Waals surface area (Å²) in [6.45, 7) is 5.89. The quantitative estimate of drug-likeness (QED) is 0.820. The second kappa shape index (κ2) is 5.12. The third-order valence-electron chi connectivity index (χ3n) is 2.90. The van der Waals surface area contributed by atoms with E-state index in [1.165, 1.54) is 0 Å². The van der Waals surface area contributed by atoms with Gasteiger partial charge < -0.3 is 10.8 Å². The van der Waals surface area contributed by atoms with Crippen LogP contribution in [-0.2, 0) is 4.79 Å². The maximum absolute atomic E-state index is 10.6. The molecule has 2 unspecified atom stereocenters. The highest BCUT2D eigenvalue weighted by atomic mass is 16.4. The molecule has 3 nitrogen and oxygen atoms in total. The van der Waals surface area contributed by atoms with Crippen LogP contribution in [0.2, 0.25) is 0 Å². The largest absolute Gasteiger partial charge is 0.481 e. The van der Waals surface area contributed by atoms with E-state index in [0.717, 1.165) is 16.7 Å². The third kappa shape index (κ3) is 3.07. The lowest BCUT2D eigenvalue weighted by Crippen LogP contribution is -2.22. The predicted molar refractivity (Wildman–Crippen MR) is 64.3 cm³/mol. The second-order valence-corrected chi connectivity index (χ2v) is 4.46. The van der Waals surface area contributed by atoms with E-state index in [0.29, 0.717) is 0 Å². The Labute approximate surface area is 96.3 Å². The lowest BCUT2D eigenvalue weighted by molar-refractivity contribution is -0.138. The first-order valence-electron chi connectivity index (χ1n) is 5.46. The highest BCUT2D eigenvalue weighted by Crippen LogP contribution is 2.25. The van der Waals surface area contributed by atoms with Gasteiger partial charge in [0.2, 0.25) is 0 Å². The van der Waals surface area contributed by atoms with Crippen molar-refractivity contribution in [3.63, 3.8) is 0 Å². The zero-order valence-electron chi connectivity index (χ0n) is 10.0. The molecule has 0 saturated carbocycles. The Morgan fingerprint density at radius 3 is 2.62 bits per heavy atom.